The van der Waals surface area contributed by atoms with Crippen LogP contribution in [0.25, 0.3) is 0 Å². The van der Waals surface area contributed by atoms with E-state index in [0.29, 0.717) is 25.6 Å². The number of carboxylic acid groups (broad SMARTS) is 1. The molecule has 0 aliphatic carbocycles. The van der Waals surface area contributed by atoms with Crippen molar-refractivity contribution in [1.82, 2.24) is 5.32 Å². The number of carbonyl (C=O) groups is 2. The summed E-state index contributed by atoms with van der Waals surface area (Å²) < 4.78 is 5.22. The lowest BCUT2D eigenvalue weighted by Crippen LogP contribution is -2.33. The Labute approximate surface area is 87.8 Å². The summed E-state index contributed by atoms with van der Waals surface area (Å²) in [6.45, 7) is 1.37. The molecule has 0 spiro atoms. The van der Waals surface area contributed by atoms with E-state index in [1.165, 1.54) is 0 Å². The van der Waals surface area contributed by atoms with Crippen molar-refractivity contribution >= 4 is 11.9 Å². The van der Waals surface area contributed by atoms with E-state index >= 15 is 0 Å². The highest BCUT2D eigenvalue weighted by Gasteiger charge is 2.40. The number of hydrogen-bond acceptors (Lipinski definition) is 3. The molecule has 2 atom stereocenters. The summed E-state index contributed by atoms with van der Waals surface area (Å²) in [6.07, 6.45) is 2.16. The molecule has 2 aliphatic heterocycles. The van der Waals surface area contributed by atoms with E-state index in [9.17, 15) is 9.59 Å². The maximum atomic E-state index is 11.6. The van der Waals surface area contributed by atoms with Gasteiger partial charge in [-0.05, 0) is 25.2 Å². The molecule has 1 amide bonds. The van der Waals surface area contributed by atoms with Crippen molar-refractivity contribution in [2.24, 2.45) is 11.8 Å². The number of hydrogen-bond donors (Lipinski definition) is 2. The molecular formula is C10H15NO4. The number of carboxylic acids is 1. The van der Waals surface area contributed by atoms with Gasteiger partial charge >= 0.3 is 5.97 Å². The minimum absolute atomic E-state index is 0.102. The number of rotatable bonds is 2. The normalized spacial score (nSPS) is 32.7. The first-order valence-corrected chi connectivity index (χ1v) is 5.29. The molecule has 0 bridgehead atoms. The molecule has 0 radical (unpaired) electrons. The fraction of sp³-hybridized carbons (Fsp3) is 0.800. The summed E-state index contributed by atoms with van der Waals surface area (Å²) in [7, 11) is 0. The number of ether oxygens (including phenoxy) is 1. The van der Waals surface area contributed by atoms with Gasteiger partial charge in [0.25, 0.3) is 0 Å². The van der Waals surface area contributed by atoms with Crippen LogP contribution in [0.5, 0.6) is 0 Å². The Kier molecular flexibility index (Phi) is 2.90. The van der Waals surface area contributed by atoms with Gasteiger partial charge in [-0.3, -0.25) is 4.79 Å². The summed E-state index contributed by atoms with van der Waals surface area (Å²) in [5.41, 5.74) is 0. The lowest BCUT2D eigenvalue weighted by molar-refractivity contribution is -0.140. The van der Waals surface area contributed by atoms with Crippen LogP contribution in [0, 0.1) is 11.8 Å². The van der Waals surface area contributed by atoms with Crippen molar-refractivity contribution in [3.05, 3.63) is 0 Å². The molecule has 84 valence electrons. The van der Waals surface area contributed by atoms with E-state index in [2.05, 4.69) is 5.32 Å². The van der Waals surface area contributed by atoms with Crippen molar-refractivity contribution in [3.8, 4) is 0 Å². The van der Waals surface area contributed by atoms with Crippen molar-refractivity contribution in [2.75, 3.05) is 13.2 Å². The average Bonchev–Trinajstić information content (AvgIpc) is 2.62. The van der Waals surface area contributed by atoms with Gasteiger partial charge in [0.2, 0.25) is 5.91 Å². The summed E-state index contributed by atoms with van der Waals surface area (Å²) in [6, 6.07) is -0.689. The van der Waals surface area contributed by atoms with E-state index in [4.69, 9.17) is 9.84 Å². The highest BCUT2D eigenvalue weighted by molar-refractivity contribution is 5.89. The first-order chi connectivity index (χ1) is 7.18. The SMILES string of the molecule is O=C(O)C1CC(C2CCOCC2)C(=O)N1. The maximum absolute atomic E-state index is 11.6. The molecule has 5 heteroatoms. The van der Waals surface area contributed by atoms with Crippen molar-refractivity contribution < 1.29 is 19.4 Å². The Morgan fingerprint density at radius 3 is 2.60 bits per heavy atom. The van der Waals surface area contributed by atoms with Crippen molar-refractivity contribution in [2.45, 2.75) is 25.3 Å². The van der Waals surface area contributed by atoms with Crippen LogP contribution in [-0.4, -0.2) is 36.2 Å². The van der Waals surface area contributed by atoms with Crippen molar-refractivity contribution in [1.29, 1.82) is 0 Å². The van der Waals surface area contributed by atoms with Crippen molar-refractivity contribution in [3.63, 3.8) is 0 Å². The van der Waals surface area contributed by atoms with Gasteiger partial charge in [0.15, 0.2) is 0 Å². The van der Waals surface area contributed by atoms with Crippen LogP contribution in [-0.2, 0) is 14.3 Å². The van der Waals surface area contributed by atoms with E-state index in [1.807, 2.05) is 0 Å². The second-order valence-electron chi connectivity index (χ2n) is 4.19. The molecule has 0 saturated carbocycles. The highest BCUT2D eigenvalue weighted by atomic mass is 16.5. The monoisotopic (exact) mass is 213 g/mol. The van der Waals surface area contributed by atoms with E-state index in [1.54, 1.807) is 0 Å². The number of carbonyl (C=O) groups excluding carboxylic acids is 1. The number of aliphatic carboxylic acids is 1. The van der Waals surface area contributed by atoms with Crippen LogP contribution in [0.1, 0.15) is 19.3 Å². The zero-order chi connectivity index (χ0) is 10.8. The molecule has 5 nitrogen and oxygen atoms in total. The third-order valence-electron chi connectivity index (χ3n) is 3.28. The third-order valence-corrected chi connectivity index (χ3v) is 3.28. The Bertz CT molecular complexity index is 273. The smallest absolute Gasteiger partial charge is 0.326 e. The maximum Gasteiger partial charge on any atom is 0.326 e. The first-order valence-electron chi connectivity index (χ1n) is 5.29. The van der Waals surface area contributed by atoms with Gasteiger partial charge in [-0.1, -0.05) is 0 Å². The largest absolute Gasteiger partial charge is 0.480 e. The second kappa shape index (κ2) is 4.18. The molecular weight excluding hydrogens is 198 g/mol. The van der Waals surface area contributed by atoms with Gasteiger partial charge in [-0.25, -0.2) is 4.79 Å². The van der Waals surface area contributed by atoms with Crippen LogP contribution >= 0.6 is 0 Å². The van der Waals surface area contributed by atoms with Crippen LogP contribution in [0.4, 0.5) is 0 Å². The first kappa shape index (κ1) is 10.4. The minimum Gasteiger partial charge on any atom is -0.480 e. The zero-order valence-corrected chi connectivity index (χ0v) is 8.44. The molecule has 2 aliphatic rings. The molecule has 2 fully saturated rings. The standard InChI is InChI=1S/C10H15NO4/c12-9-7(5-8(11-9)10(13)14)6-1-3-15-4-2-6/h6-8H,1-5H2,(H,11,12)(H,13,14). The summed E-state index contributed by atoms with van der Waals surface area (Å²) in [5, 5.41) is 11.3. The highest BCUT2D eigenvalue weighted by Crippen LogP contribution is 2.30. The number of nitrogens with one attached hydrogen (secondary N) is 1. The molecule has 2 N–H and O–H groups in total. The Morgan fingerprint density at radius 1 is 1.40 bits per heavy atom. The predicted molar refractivity (Wildman–Crippen MR) is 51.2 cm³/mol. The Balaban J connectivity index is 1.97. The average molecular weight is 213 g/mol. The molecule has 2 heterocycles. The van der Waals surface area contributed by atoms with Crippen LogP contribution in [0.3, 0.4) is 0 Å². The lowest BCUT2D eigenvalue weighted by atomic mass is 9.84. The van der Waals surface area contributed by atoms with E-state index < -0.39 is 12.0 Å². The van der Waals surface area contributed by atoms with Crippen LogP contribution in [0.2, 0.25) is 0 Å². The van der Waals surface area contributed by atoms with E-state index in [-0.39, 0.29) is 11.8 Å². The van der Waals surface area contributed by atoms with Crippen LogP contribution < -0.4 is 5.32 Å². The summed E-state index contributed by atoms with van der Waals surface area (Å²) >= 11 is 0. The predicted octanol–water partition coefficient (Wildman–Crippen LogP) is 0.00230. The summed E-state index contributed by atoms with van der Waals surface area (Å²) in [5.74, 6) is -0.870. The second-order valence-corrected chi connectivity index (χ2v) is 4.19. The van der Waals surface area contributed by atoms with Gasteiger partial charge in [0, 0.05) is 19.1 Å². The minimum atomic E-state index is -0.932. The van der Waals surface area contributed by atoms with Gasteiger partial charge in [-0.2, -0.15) is 0 Å². The topological polar surface area (TPSA) is 75.6 Å². The molecule has 0 aromatic rings. The zero-order valence-electron chi connectivity index (χ0n) is 8.44. The quantitative estimate of drug-likeness (QED) is 0.677. The molecule has 0 aromatic carbocycles. The Hall–Kier alpha value is -1.10. The molecule has 15 heavy (non-hydrogen) atoms. The molecule has 2 unspecified atom stereocenters. The van der Waals surface area contributed by atoms with Gasteiger partial charge in [0.1, 0.15) is 6.04 Å². The van der Waals surface area contributed by atoms with Gasteiger partial charge in [0.05, 0.1) is 0 Å². The van der Waals surface area contributed by atoms with Crippen LogP contribution in [0.15, 0.2) is 0 Å². The van der Waals surface area contributed by atoms with Gasteiger partial charge < -0.3 is 15.2 Å². The summed E-state index contributed by atoms with van der Waals surface area (Å²) in [4.78, 5) is 22.3. The van der Waals surface area contributed by atoms with E-state index in [0.717, 1.165) is 12.8 Å². The molecule has 2 rings (SSSR count). The number of amides is 1. The fourth-order valence-corrected chi connectivity index (χ4v) is 2.39. The third kappa shape index (κ3) is 2.12. The fourth-order valence-electron chi connectivity index (χ4n) is 2.39. The lowest BCUT2D eigenvalue weighted by Gasteiger charge is -2.25. The molecule has 2 saturated heterocycles. The Morgan fingerprint density at radius 2 is 2.07 bits per heavy atom. The molecule has 0 aromatic heterocycles. The van der Waals surface area contributed by atoms with Gasteiger partial charge in [-0.15, -0.1) is 0 Å².